The first kappa shape index (κ1) is 12.6. The molecule has 1 aromatic rings. The van der Waals surface area contributed by atoms with Crippen molar-refractivity contribution in [3.05, 3.63) is 18.5 Å². The van der Waals surface area contributed by atoms with E-state index < -0.39 is 24.2 Å². The number of anilines is 1. The Balaban J connectivity index is 2.08. The minimum absolute atomic E-state index is 0.104. The van der Waals surface area contributed by atoms with Crippen molar-refractivity contribution in [3.63, 3.8) is 0 Å². The van der Waals surface area contributed by atoms with Gasteiger partial charge < -0.3 is 20.5 Å². The van der Waals surface area contributed by atoms with Crippen LogP contribution in [0, 0.1) is 11.3 Å². The minimum atomic E-state index is -1.14. The summed E-state index contributed by atoms with van der Waals surface area (Å²) in [5.41, 5.74) is 5.28. The van der Waals surface area contributed by atoms with Crippen molar-refractivity contribution in [2.45, 2.75) is 18.6 Å². The van der Waals surface area contributed by atoms with Crippen LogP contribution in [-0.4, -0.2) is 29.2 Å². The second-order valence-electron chi connectivity index (χ2n) is 3.76. The molecule has 2 amide bonds. The predicted molar refractivity (Wildman–Crippen MR) is 62.0 cm³/mol. The molecule has 2 atom stereocenters. The van der Waals surface area contributed by atoms with Crippen molar-refractivity contribution >= 4 is 17.7 Å². The van der Waals surface area contributed by atoms with Gasteiger partial charge in [0.2, 0.25) is 0 Å². The van der Waals surface area contributed by atoms with Crippen molar-refractivity contribution in [2.75, 3.05) is 5.32 Å². The zero-order valence-electron chi connectivity index (χ0n) is 9.70. The molecule has 3 N–H and O–H groups in total. The van der Waals surface area contributed by atoms with Crippen molar-refractivity contribution < 1.29 is 19.1 Å². The largest absolute Gasteiger partial charge is 0.478 e. The summed E-state index contributed by atoms with van der Waals surface area (Å²) in [4.78, 5) is 26.2. The number of amides is 2. The van der Waals surface area contributed by atoms with Gasteiger partial charge in [-0.3, -0.25) is 9.78 Å². The van der Waals surface area contributed by atoms with Crippen LogP contribution in [0.25, 0.3) is 0 Å². The Labute approximate surface area is 108 Å². The number of carbonyl (C=O) groups excluding carboxylic acids is 2. The van der Waals surface area contributed by atoms with Gasteiger partial charge in [0, 0.05) is 18.7 Å². The van der Waals surface area contributed by atoms with E-state index in [1.54, 1.807) is 12.1 Å². The number of fused-ring (bicyclic) bond motifs is 1. The summed E-state index contributed by atoms with van der Waals surface area (Å²) in [5.74, 6) is 0.00388. The van der Waals surface area contributed by atoms with E-state index in [1.807, 2.05) is 0 Å². The first-order valence-electron chi connectivity index (χ1n) is 5.37. The SMILES string of the molecule is N#C[C@H](CC1Oc2ccncc2NC1=O)OC(N)=O. The molecule has 0 saturated heterocycles. The fourth-order valence-electron chi connectivity index (χ4n) is 1.62. The molecule has 0 spiro atoms. The highest BCUT2D eigenvalue weighted by molar-refractivity contribution is 5.97. The van der Waals surface area contributed by atoms with E-state index in [4.69, 9.17) is 15.7 Å². The maximum Gasteiger partial charge on any atom is 0.405 e. The average molecular weight is 262 g/mol. The van der Waals surface area contributed by atoms with Gasteiger partial charge in [0.1, 0.15) is 17.5 Å². The van der Waals surface area contributed by atoms with Crippen LogP contribution in [-0.2, 0) is 9.53 Å². The zero-order valence-corrected chi connectivity index (χ0v) is 9.70. The van der Waals surface area contributed by atoms with E-state index in [9.17, 15) is 9.59 Å². The molecule has 8 nitrogen and oxygen atoms in total. The Kier molecular flexibility index (Phi) is 3.47. The third-order valence-corrected chi connectivity index (χ3v) is 2.43. The number of primary amides is 1. The molecule has 0 fully saturated rings. The molecule has 1 aliphatic rings. The number of nitrogens with one attached hydrogen (secondary N) is 1. The van der Waals surface area contributed by atoms with Gasteiger partial charge in [-0.25, -0.2) is 4.79 Å². The van der Waals surface area contributed by atoms with E-state index in [2.05, 4.69) is 15.0 Å². The predicted octanol–water partition coefficient (Wildman–Crippen LogP) is 0.159. The summed E-state index contributed by atoms with van der Waals surface area (Å²) in [6.45, 7) is 0. The lowest BCUT2D eigenvalue weighted by atomic mass is 10.1. The summed E-state index contributed by atoms with van der Waals surface area (Å²) >= 11 is 0. The fraction of sp³-hybridized carbons (Fsp3) is 0.273. The van der Waals surface area contributed by atoms with Gasteiger partial charge in [-0.2, -0.15) is 5.26 Å². The lowest BCUT2D eigenvalue weighted by Crippen LogP contribution is -2.40. The van der Waals surface area contributed by atoms with E-state index >= 15 is 0 Å². The first-order chi connectivity index (χ1) is 9.10. The number of hydrogen-bond donors (Lipinski definition) is 2. The van der Waals surface area contributed by atoms with Crippen molar-refractivity contribution in [1.82, 2.24) is 4.98 Å². The number of aromatic nitrogens is 1. The summed E-state index contributed by atoms with van der Waals surface area (Å²) in [5, 5.41) is 11.4. The number of nitrogens with two attached hydrogens (primary N) is 1. The number of pyridine rings is 1. The number of carbonyl (C=O) groups is 2. The monoisotopic (exact) mass is 262 g/mol. The maximum absolute atomic E-state index is 11.7. The topological polar surface area (TPSA) is 127 Å². The summed E-state index contributed by atoms with van der Waals surface area (Å²) in [6.07, 6.45) is -0.296. The number of nitriles is 1. The highest BCUT2D eigenvalue weighted by Crippen LogP contribution is 2.29. The second kappa shape index (κ2) is 5.22. The third kappa shape index (κ3) is 2.90. The molecule has 1 unspecified atom stereocenters. The highest BCUT2D eigenvalue weighted by atomic mass is 16.6. The molecular weight excluding hydrogens is 252 g/mol. The van der Waals surface area contributed by atoms with Gasteiger partial charge >= 0.3 is 6.09 Å². The number of hydrogen-bond acceptors (Lipinski definition) is 6. The quantitative estimate of drug-likeness (QED) is 0.798. The van der Waals surface area contributed by atoms with Gasteiger partial charge in [-0.15, -0.1) is 0 Å². The fourth-order valence-corrected chi connectivity index (χ4v) is 1.62. The van der Waals surface area contributed by atoms with Gasteiger partial charge in [-0.05, 0) is 0 Å². The molecular formula is C11H10N4O4. The van der Waals surface area contributed by atoms with Crippen LogP contribution in [0.1, 0.15) is 6.42 Å². The van der Waals surface area contributed by atoms with Crippen LogP contribution < -0.4 is 15.8 Å². The Bertz CT molecular complexity index is 554. The molecule has 0 bridgehead atoms. The molecule has 2 rings (SSSR count). The summed E-state index contributed by atoms with van der Waals surface area (Å²) in [6, 6.07) is 3.31. The van der Waals surface area contributed by atoms with Crippen LogP contribution in [0.4, 0.5) is 10.5 Å². The second-order valence-corrected chi connectivity index (χ2v) is 3.76. The van der Waals surface area contributed by atoms with Crippen molar-refractivity contribution in [1.29, 1.82) is 5.26 Å². The lowest BCUT2D eigenvalue weighted by molar-refractivity contribution is -0.124. The Morgan fingerprint density at radius 1 is 1.74 bits per heavy atom. The number of ether oxygens (including phenoxy) is 2. The Morgan fingerprint density at radius 3 is 3.21 bits per heavy atom. The maximum atomic E-state index is 11.7. The van der Waals surface area contributed by atoms with Crippen LogP contribution in [0.15, 0.2) is 18.5 Å². The zero-order chi connectivity index (χ0) is 13.8. The summed E-state index contributed by atoms with van der Waals surface area (Å²) < 4.78 is 9.97. The van der Waals surface area contributed by atoms with Gasteiger partial charge in [-0.1, -0.05) is 0 Å². The molecule has 8 heteroatoms. The van der Waals surface area contributed by atoms with Crippen LogP contribution >= 0.6 is 0 Å². The molecule has 0 aliphatic carbocycles. The number of rotatable bonds is 3. The van der Waals surface area contributed by atoms with Crippen molar-refractivity contribution in [2.24, 2.45) is 5.73 Å². The van der Waals surface area contributed by atoms with E-state index in [-0.39, 0.29) is 6.42 Å². The molecule has 2 heterocycles. The van der Waals surface area contributed by atoms with E-state index in [1.165, 1.54) is 12.4 Å². The van der Waals surface area contributed by atoms with Crippen LogP contribution in [0.5, 0.6) is 5.75 Å². The van der Waals surface area contributed by atoms with Crippen LogP contribution in [0.3, 0.4) is 0 Å². The van der Waals surface area contributed by atoms with E-state index in [0.717, 1.165) is 0 Å². The normalized spacial score (nSPS) is 18.3. The molecule has 98 valence electrons. The molecule has 19 heavy (non-hydrogen) atoms. The average Bonchev–Trinajstić information content (AvgIpc) is 2.38. The summed E-state index contributed by atoms with van der Waals surface area (Å²) in [7, 11) is 0. The number of nitrogens with zero attached hydrogens (tertiary/aromatic N) is 2. The third-order valence-electron chi connectivity index (χ3n) is 2.43. The van der Waals surface area contributed by atoms with Crippen molar-refractivity contribution in [3.8, 4) is 11.8 Å². The van der Waals surface area contributed by atoms with Gasteiger partial charge in [0.25, 0.3) is 5.91 Å². The lowest BCUT2D eigenvalue weighted by Gasteiger charge is -2.26. The molecule has 0 aromatic carbocycles. The first-order valence-corrected chi connectivity index (χ1v) is 5.37. The molecule has 0 radical (unpaired) electrons. The molecule has 1 aliphatic heterocycles. The van der Waals surface area contributed by atoms with Gasteiger partial charge in [0.05, 0.1) is 6.20 Å². The Morgan fingerprint density at radius 2 is 2.53 bits per heavy atom. The Hall–Kier alpha value is -2.82. The van der Waals surface area contributed by atoms with E-state index in [0.29, 0.717) is 11.4 Å². The van der Waals surface area contributed by atoms with Crippen LogP contribution in [0.2, 0.25) is 0 Å². The molecule has 0 saturated carbocycles. The standard InChI is InChI=1S/C11H10N4O4/c12-4-6(18-11(13)17)3-9-10(16)15-7-5-14-2-1-8(7)19-9/h1-2,5-6,9H,3H2,(H2,13,17)(H,15,16)/t6-,9?/m0/s1. The molecule has 1 aromatic heterocycles. The van der Waals surface area contributed by atoms with Gasteiger partial charge in [0.15, 0.2) is 12.2 Å². The minimum Gasteiger partial charge on any atom is -0.478 e. The smallest absolute Gasteiger partial charge is 0.405 e. The highest BCUT2D eigenvalue weighted by Gasteiger charge is 2.31.